The summed E-state index contributed by atoms with van der Waals surface area (Å²) >= 11 is 0. The van der Waals surface area contributed by atoms with Crippen molar-refractivity contribution < 1.29 is 9.90 Å². The van der Waals surface area contributed by atoms with Crippen LogP contribution in [0.25, 0.3) is 0 Å². The molecule has 1 saturated carbocycles. The average Bonchev–Trinajstić information content (AvgIpc) is 2.46. The maximum atomic E-state index is 12.1. The van der Waals surface area contributed by atoms with Crippen molar-refractivity contribution in [3.63, 3.8) is 0 Å². The third-order valence-corrected chi connectivity index (χ3v) is 4.10. The van der Waals surface area contributed by atoms with Gasteiger partial charge in [0.1, 0.15) is 0 Å². The maximum absolute atomic E-state index is 12.1. The summed E-state index contributed by atoms with van der Waals surface area (Å²) in [5, 5.41) is 12.9. The minimum absolute atomic E-state index is 0.0453. The Morgan fingerprint density at radius 1 is 1.32 bits per heavy atom. The van der Waals surface area contributed by atoms with Crippen molar-refractivity contribution in [1.82, 2.24) is 5.32 Å². The largest absolute Gasteiger partial charge is 0.393 e. The Kier molecular flexibility index (Phi) is 4.97. The highest BCUT2D eigenvalue weighted by Gasteiger charge is 2.24. The second-order valence-corrected chi connectivity index (χ2v) is 5.49. The Hall–Kier alpha value is -1.35. The van der Waals surface area contributed by atoms with Crippen LogP contribution < -0.4 is 5.32 Å². The summed E-state index contributed by atoms with van der Waals surface area (Å²) < 4.78 is 0. The minimum atomic E-state index is -0.249. The highest BCUT2D eigenvalue weighted by molar-refractivity contribution is 5.83. The first-order valence-corrected chi connectivity index (χ1v) is 7.19. The Morgan fingerprint density at radius 3 is 2.68 bits per heavy atom. The summed E-state index contributed by atoms with van der Waals surface area (Å²) in [6.07, 6.45) is 3.90. The van der Waals surface area contributed by atoms with Gasteiger partial charge < -0.3 is 10.4 Å². The van der Waals surface area contributed by atoms with Crippen LogP contribution in [-0.2, 0) is 4.79 Å². The van der Waals surface area contributed by atoms with Crippen LogP contribution in [-0.4, -0.2) is 23.7 Å². The van der Waals surface area contributed by atoms with Crippen LogP contribution in [0.3, 0.4) is 0 Å². The van der Waals surface area contributed by atoms with Gasteiger partial charge in [0.2, 0.25) is 5.91 Å². The zero-order valence-corrected chi connectivity index (χ0v) is 11.5. The lowest BCUT2D eigenvalue weighted by Gasteiger charge is -2.28. The lowest BCUT2D eigenvalue weighted by molar-refractivity contribution is -0.122. The van der Waals surface area contributed by atoms with E-state index < -0.39 is 0 Å². The van der Waals surface area contributed by atoms with Gasteiger partial charge in [0, 0.05) is 12.5 Å². The summed E-state index contributed by atoms with van der Waals surface area (Å²) in [4.78, 5) is 12.1. The van der Waals surface area contributed by atoms with Crippen molar-refractivity contribution >= 4 is 5.91 Å². The van der Waals surface area contributed by atoms with Crippen molar-refractivity contribution in [3.05, 3.63) is 35.9 Å². The lowest BCUT2D eigenvalue weighted by atomic mass is 9.86. The van der Waals surface area contributed by atoms with Gasteiger partial charge in [-0.1, -0.05) is 43.2 Å². The summed E-state index contributed by atoms with van der Waals surface area (Å²) in [5.41, 5.74) is 1.03. The van der Waals surface area contributed by atoms with Gasteiger partial charge in [-0.25, -0.2) is 0 Å². The molecule has 0 aromatic heterocycles. The highest BCUT2D eigenvalue weighted by atomic mass is 16.3. The molecule has 1 aromatic rings. The third kappa shape index (κ3) is 3.80. The van der Waals surface area contributed by atoms with Gasteiger partial charge in [-0.2, -0.15) is 0 Å². The molecule has 0 heterocycles. The summed E-state index contributed by atoms with van der Waals surface area (Å²) in [6, 6.07) is 9.79. The van der Waals surface area contributed by atoms with E-state index in [2.05, 4.69) is 5.32 Å². The topological polar surface area (TPSA) is 49.3 Å². The van der Waals surface area contributed by atoms with E-state index in [0.29, 0.717) is 6.54 Å². The molecule has 0 radical (unpaired) electrons. The first-order chi connectivity index (χ1) is 9.18. The number of carbonyl (C=O) groups excluding carboxylic acids is 1. The highest BCUT2D eigenvalue weighted by Crippen LogP contribution is 2.24. The van der Waals surface area contributed by atoms with Crippen molar-refractivity contribution in [3.8, 4) is 0 Å². The first kappa shape index (κ1) is 14.1. The summed E-state index contributed by atoms with van der Waals surface area (Å²) in [5.74, 6) is 0.131. The average molecular weight is 261 g/mol. The molecule has 0 spiro atoms. The molecule has 1 fully saturated rings. The molecule has 1 aliphatic carbocycles. The molecule has 1 aliphatic rings. The standard InChI is InChI=1S/C16H23NO2/c1-12(13-7-3-2-4-8-13)16(19)17-11-14-9-5-6-10-15(14)18/h2-4,7-8,12,14-15,18H,5-6,9-11H2,1H3,(H,17,19). The molecule has 2 rings (SSSR count). The minimum Gasteiger partial charge on any atom is -0.393 e. The van der Waals surface area contributed by atoms with Crippen molar-refractivity contribution in [1.29, 1.82) is 0 Å². The number of carbonyl (C=O) groups is 1. The van der Waals surface area contributed by atoms with Crippen LogP contribution in [0.5, 0.6) is 0 Å². The van der Waals surface area contributed by atoms with E-state index in [1.54, 1.807) is 0 Å². The van der Waals surface area contributed by atoms with Crippen LogP contribution in [0.2, 0.25) is 0 Å². The number of nitrogens with one attached hydrogen (secondary N) is 1. The van der Waals surface area contributed by atoms with E-state index in [0.717, 1.165) is 31.2 Å². The molecule has 1 amide bonds. The van der Waals surface area contributed by atoms with Crippen LogP contribution in [0.15, 0.2) is 30.3 Å². The number of rotatable bonds is 4. The molecule has 19 heavy (non-hydrogen) atoms. The Balaban J connectivity index is 1.84. The summed E-state index contributed by atoms with van der Waals surface area (Å²) in [7, 11) is 0. The van der Waals surface area contributed by atoms with Crippen molar-refractivity contribution in [2.45, 2.75) is 44.6 Å². The monoisotopic (exact) mass is 261 g/mol. The fourth-order valence-electron chi connectivity index (χ4n) is 2.70. The van der Waals surface area contributed by atoms with Gasteiger partial charge in [-0.3, -0.25) is 4.79 Å². The fourth-order valence-corrected chi connectivity index (χ4v) is 2.70. The van der Waals surface area contributed by atoms with Crippen LogP contribution in [0.1, 0.15) is 44.1 Å². The van der Waals surface area contributed by atoms with Crippen LogP contribution >= 0.6 is 0 Å². The van der Waals surface area contributed by atoms with E-state index in [1.165, 1.54) is 0 Å². The smallest absolute Gasteiger partial charge is 0.227 e. The molecule has 3 atom stereocenters. The molecule has 0 aliphatic heterocycles. The van der Waals surface area contributed by atoms with Gasteiger partial charge in [-0.05, 0) is 25.3 Å². The van der Waals surface area contributed by atoms with Crippen LogP contribution in [0, 0.1) is 5.92 Å². The molecule has 104 valence electrons. The number of aliphatic hydroxyl groups excluding tert-OH is 1. The fraction of sp³-hybridized carbons (Fsp3) is 0.562. The first-order valence-electron chi connectivity index (χ1n) is 7.19. The van der Waals surface area contributed by atoms with Gasteiger partial charge in [-0.15, -0.1) is 0 Å². The van der Waals surface area contributed by atoms with Gasteiger partial charge >= 0.3 is 0 Å². The number of amides is 1. The number of benzene rings is 1. The maximum Gasteiger partial charge on any atom is 0.227 e. The van der Waals surface area contributed by atoms with E-state index in [4.69, 9.17) is 0 Å². The quantitative estimate of drug-likeness (QED) is 0.874. The molecule has 2 N–H and O–H groups in total. The number of hydrogen-bond donors (Lipinski definition) is 2. The zero-order valence-electron chi connectivity index (χ0n) is 11.5. The SMILES string of the molecule is CC(C(=O)NCC1CCCCC1O)c1ccccc1. The molecule has 3 nitrogen and oxygen atoms in total. The van der Waals surface area contributed by atoms with E-state index in [-0.39, 0.29) is 23.8 Å². The molecule has 0 saturated heterocycles. The van der Waals surface area contributed by atoms with E-state index in [1.807, 2.05) is 37.3 Å². The van der Waals surface area contributed by atoms with Gasteiger partial charge in [0.25, 0.3) is 0 Å². The van der Waals surface area contributed by atoms with Gasteiger partial charge in [0.05, 0.1) is 12.0 Å². The Bertz CT molecular complexity index is 404. The van der Waals surface area contributed by atoms with Gasteiger partial charge in [0.15, 0.2) is 0 Å². The summed E-state index contributed by atoms with van der Waals surface area (Å²) in [6.45, 7) is 2.51. The zero-order chi connectivity index (χ0) is 13.7. The predicted octanol–water partition coefficient (Wildman–Crippen LogP) is 2.46. The third-order valence-electron chi connectivity index (χ3n) is 4.10. The predicted molar refractivity (Wildman–Crippen MR) is 75.8 cm³/mol. The molecule has 3 unspecified atom stereocenters. The molecular weight excluding hydrogens is 238 g/mol. The van der Waals surface area contributed by atoms with Crippen molar-refractivity contribution in [2.24, 2.45) is 5.92 Å². The Morgan fingerprint density at radius 2 is 2.00 bits per heavy atom. The van der Waals surface area contributed by atoms with Crippen LogP contribution in [0.4, 0.5) is 0 Å². The number of hydrogen-bond acceptors (Lipinski definition) is 2. The normalized spacial score (nSPS) is 24.7. The van der Waals surface area contributed by atoms with Crippen molar-refractivity contribution in [2.75, 3.05) is 6.54 Å². The second-order valence-electron chi connectivity index (χ2n) is 5.49. The molecular formula is C16H23NO2. The molecule has 0 bridgehead atoms. The number of aliphatic hydroxyl groups is 1. The van der Waals surface area contributed by atoms with E-state index in [9.17, 15) is 9.90 Å². The Labute approximate surface area is 115 Å². The second kappa shape index (κ2) is 6.71. The van der Waals surface area contributed by atoms with E-state index >= 15 is 0 Å². The molecule has 1 aromatic carbocycles. The molecule has 3 heteroatoms. The lowest BCUT2D eigenvalue weighted by Crippen LogP contribution is -2.38.